The quantitative estimate of drug-likeness (QED) is 0.834. The number of ether oxygens (including phenoxy) is 1. The summed E-state index contributed by atoms with van der Waals surface area (Å²) in [7, 11) is 0. The van der Waals surface area contributed by atoms with Gasteiger partial charge in [-0.05, 0) is 30.0 Å². The Morgan fingerprint density at radius 1 is 1.26 bits per heavy atom. The summed E-state index contributed by atoms with van der Waals surface area (Å²) in [5.41, 5.74) is 0.457. The van der Waals surface area contributed by atoms with Gasteiger partial charge in [-0.15, -0.1) is 0 Å². The molecule has 2 aromatic rings. The van der Waals surface area contributed by atoms with Crippen molar-refractivity contribution in [3.63, 3.8) is 0 Å². The first-order valence-corrected chi connectivity index (χ1v) is 7.64. The lowest BCUT2D eigenvalue weighted by Crippen LogP contribution is -2.16. The van der Waals surface area contributed by atoms with Gasteiger partial charge in [0.1, 0.15) is 11.7 Å². The first-order chi connectivity index (χ1) is 11.0. The Balaban J connectivity index is 1.81. The van der Waals surface area contributed by atoms with E-state index in [4.69, 9.17) is 4.74 Å². The predicted molar refractivity (Wildman–Crippen MR) is 86.0 cm³/mol. The van der Waals surface area contributed by atoms with E-state index in [2.05, 4.69) is 11.1 Å². The van der Waals surface area contributed by atoms with Crippen molar-refractivity contribution in [1.82, 2.24) is 4.98 Å². The molecule has 2 unspecified atom stereocenters. The van der Waals surface area contributed by atoms with Crippen LogP contribution in [-0.4, -0.2) is 10.8 Å². The van der Waals surface area contributed by atoms with Crippen LogP contribution in [0.15, 0.2) is 48.5 Å². The van der Waals surface area contributed by atoms with Gasteiger partial charge in [0.15, 0.2) is 5.78 Å². The third-order valence-corrected chi connectivity index (χ3v) is 4.28. The number of hydrogen-bond acceptors (Lipinski definition) is 4. The number of benzene rings is 1. The normalized spacial score (nSPS) is 19.4. The molecule has 116 valence electrons. The summed E-state index contributed by atoms with van der Waals surface area (Å²) in [6.45, 7) is 4.10. The molecule has 0 amide bonds. The number of pyridine rings is 1. The minimum atomic E-state index is -0.832. The van der Waals surface area contributed by atoms with Crippen LogP contribution in [0, 0.1) is 22.7 Å². The van der Waals surface area contributed by atoms with E-state index in [0.29, 0.717) is 17.3 Å². The van der Waals surface area contributed by atoms with Crippen LogP contribution in [0.25, 0.3) is 0 Å². The number of ketones is 1. The molecule has 0 N–H and O–H groups in total. The minimum absolute atomic E-state index is 0.00430. The first kappa shape index (κ1) is 15.2. The van der Waals surface area contributed by atoms with E-state index in [0.717, 1.165) is 6.42 Å². The standard InChI is InChI=1S/C19H18N2O2/c1-19(2)11-15(19)18(22)14(12-20)16-9-6-10-17(21-16)23-13-7-4-3-5-8-13/h3-10,14-15H,11H2,1-2H3. The maximum absolute atomic E-state index is 12.5. The lowest BCUT2D eigenvalue weighted by atomic mass is 9.94. The lowest BCUT2D eigenvalue weighted by molar-refractivity contribution is -0.121. The Hall–Kier alpha value is -2.67. The number of rotatable bonds is 5. The van der Waals surface area contributed by atoms with Crippen LogP contribution in [0.5, 0.6) is 11.6 Å². The Kier molecular flexibility index (Phi) is 3.87. The molecule has 4 heteroatoms. The fourth-order valence-electron chi connectivity index (χ4n) is 2.69. The molecule has 3 rings (SSSR count). The van der Waals surface area contributed by atoms with Crippen molar-refractivity contribution in [2.45, 2.75) is 26.2 Å². The van der Waals surface area contributed by atoms with E-state index in [1.807, 2.05) is 44.2 Å². The van der Waals surface area contributed by atoms with Gasteiger partial charge in [0.05, 0.1) is 11.8 Å². The van der Waals surface area contributed by atoms with Crippen molar-refractivity contribution < 1.29 is 9.53 Å². The minimum Gasteiger partial charge on any atom is -0.439 e. The largest absolute Gasteiger partial charge is 0.439 e. The van der Waals surface area contributed by atoms with Crippen molar-refractivity contribution >= 4 is 5.78 Å². The zero-order valence-corrected chi connectivity index (χ0v) is 13.2. The predicted octanol–water partition coefficient (Wildman–Crippen LogP) is 4.10. The topological polar surface area (TPSA) is 63.0 Å². The third-order valence-electron chi connectivity index (χ3n) is 4.28. The van der Waals surface area contributed by atoms with E-state index in [1.165, 1.54) is 0 Å². The molecule has 1 aliphatic carbocycles. The average molecular weight is 306 g/mol. The van der Waals surface area contributed by atoms with Crippen molar-refractivity contribution in [2.75, 3.05) is 0 Å². The van der Waals surface area contributed by atoms with E-state index in [-0.39, 0.29) is 17.1 Å². The number of aromatic nitrogens is 1. The number of Topliss-reactive ketones (excluding diaryl/α,β-unsaturated/α-hetero) is 1. The lowest BCUT2D eigenvalue weighted by Gasteiger charge is -2.11. The molecule has 0 radical (unpaired) electrons. The monoisotopic (exact) mass is 306 g/mol. The number of nitrogens with zero attached hydrogens (tertiary/aromatic N) is 2. The zero-order chi connectivity index (χ0) is 16.4. The van der Waals surface area contributed by atoms with Gasteiger partial charge in [0.25, 0.3) is 0 Å². The molecule has 0 saturated heterocycles. The van der Waals surface area contributed by atoms with Gasteiger partial charge in [-0.1, -0.05) is 38.1 Å². The Morgan fingerprint density at radius 2 is 1.96 bits per heavy atom. The summed E-state index contributed by atoms with van der Waals surface area (Å²) in [5, 5.41) is 9.43. The molecule has 1 aromatic heterocycles. The van der Waals surface area contributed by atoms with Crippen LogP contribution in [0.3, 0.4) is 0 Å². The highest BCUT2D eigenvalue weighted by Crippen LogP contribution is 2.53. The smallest absolute Gasteiger partial charge is 0.219 e. The van der Waals surface area contributed by atoms with Gasteiger partial charge in [-0.2, -0.15) is 5.26 Å². The molecular weight excluding hydrogens is 288 g/mol. The second kappa shape index (κ2) is 5.85. The molecule has 23 heavy (non-hydrogen) atoms. The van der Waals surface area contributed by atoms with E-state index in [1.54, 1.807) is 18.2 Å². The second-order valence-electron chi connectivity index (χ2n) is 6.53. The van der Waals surface area contributed by atoms with Crippen molar-refractivity contribution in [2.24, 2.45) is 11.3 Å². The van der Waals surface area contributed by atoms with Crippen LogP contribution in [0.2, 0.25) is 0 Å². The van der Waals surface area contributed by atoms with Crippen molar-refractivity contribution in [1.29, 1.82) is 5.26 Å². The van der Waals surface area contributed by atoms with Gasteiger partial charge < -0.3 is 4.74 Å². The van der Waals surface area contributed by atoms with E-state index in [9.17, 15) is 10.1 Å². The third kappa shape index (κ3) is 3.24. The number of carbonyl (C=O) groups excluding carboxylic acids is 1. The molecule has 1 fully saturated rings. The SMILES string of the molecule is CC1(C)CC1C(=O)C(C#N)c1cccc(Oc2ccccc2)n1. The maximum Gasteiger partial charge on any atom is 0.219 e. The molecule has 1 aliphatic rings. The number of nitriles is 1. The van der Waals surface area contributed by atoms with Gasteiger partial charge in [-0.25, -0.2) is 4.98 Å². The Bertz CT molecular complexity index is 762. The van der Waals surface area contributed by atoms with Crippen LogP contribution < -0.4 is 4.74 Å². The first-order valence-electron chi connectivity index (χ1n) is 7.64. The maximum atomic E-state index is 12.5. The molecule has 0 spiro atoms. The molecule has 1 heterocycles. The number of para-hydroxylation sites is 1. The van der Waals surface area contributed by atoms with E-state index < -0.39 is 5.92 Å². The zero-order valence-electron chi connectivity index (χ0n) is 13.2. The average Bonchev–Trinajstić information content (AvgIpc) is 3.18. The summed E-state index contributed by atoms with van der Waals surface area (Å²) in [5.74, 6) is 0.132. The fraction of sp³-hybridized carbons (Fsp3) is 0.316. The highest BCUT2D eigenvalue weighted by molar-refractivity contribution is 5.92. The molecular formula is C19H18N2O2. The van der Waals surface area contributed by atoms with Crippen LogP contribution in [0.4, 0.5) is 0 Å². The highest BCUT2D eigenvalue weighted by atomic mass is 16.5. The number of carbonyl (C=O) groups is 1. The summed E-state index contributed by atoms with van der Waals surface area (Å²) in [4.78, 5) is 16.9. The summed E-state index contributed by atoms with van der Waals surface area (Å²) < 4.78 is 5.68. The Morgan fingerprint density at radius 3 is 2.57 bits per heavy atom. The summed E-state index contributed by atoms with van der Waals surface area (Å²) >= 11 is 0. The molecule has 1 saturated carbocycles. The van der Waals surface area contributed by atoms with Crippen molar-refractivity contribution in [3.8, 4) is 17.7 Å². The van der Waals surface area contributed by atoms with Gasteiger partial charge in [0.2, 0.25) is 5.88 Å². The second-order valence-corrected chi connectivity index (χ2v) is 6.53. The van der Waals surface area contributed by atoms with Gasteiger partial charge >= 0.3 is 0 Å². The van der Waals surface area contributed by atoms with Crippen molar-refractivity contribution in [3.05, 3.63) is 54.2 Å². The summed E-state index contributed by atoms with van der Waals surface area (Å²) in [6.07, 6.45) is 0.838. The van der Waals surface area contributed by atoms with E-state index >= 15 is 0 Å². The molecule has 2 atom stereocenters. The van der Waals surface area contributed by atoms with Gasteiger partial charge in [-0.3, -0.25) is 4.79 Å². The molecule has 1 aromatic carbocycles. The summed E-state index contributed by atoms with van der Waals surface area (Å²) in [6, 6.07) is 16.6. The fourth-order valence-corrected chi connectivity index (χ4v) is 2.69. The molecule has 4 nitrogen and oxygen atoms in total. The number of hydrogen-bond donors (Lipinski definition) is 0. The highest BCUT2D eigenvalue weighted by Gasteiger charge is 2.52. The molecule has 0 aliphatic heterocycles. The van der Waals surface area contributed by atoms with Crippen LogP contribution >= 0.6 is 0 Å². The Labute approximate surface area is 135 Å². The van der Waals surface area contributed by atoms with Crippen LogP contribution in [-0.2, 0) is 4.79 Å². The molecule has 0 bridgehead atoms. The van der Waals surface area contributed by atoms with Gasteiger partial charge in [0, 0.05) is 12.0 Å². The van der Waals surface area contributed by atoms with Crippen LogP contribution in [0.1, 0.15) is 31.9 Å².